The molecule has 8 heteroatoms. The highest BCUT2D eigenvalue weighted by Crippen LogP contribution is 2.25. The van der Waals surface area contributed by atoms with Gasteiger partial charge in [-0.25, -0.2) is 4.98 Å². The Morgan fingerprint density at radius 1 is 1.13 bits per heavy atom. The number of benzene rings is 2. The van der Waals surface area contributed by atoms with Crippen LogP contribution in [0.2, 0.25) is 5.02 Å². The van der Waals surface area contributed by atoms with E-state index in [1.165, 1.54) is 11.3 Å². The zero-order valence-electron chi connectivity index (χ0n) is 16.1. The second kappa shape index (κ2) is 9.11. The van der Waals surface area contributed by atoms with Crippen LogP contribution in [0.1, 0.15) is 22.4 Å². The quantitative estimate of drug-likeness (QED) is 0.414. The van der Waals surface area contributed by atoms with Crippen LogP contribution in [-0.4, -0.2) is 22.7 Å². The summed E-state index contributed by atoms with van der Waals surface area (Å²) in [5.41, 5.74) is 2.86. The van der Waals surface area contributed by atoms with Crippen molar-refractivity contribution in [1.29, 1.82) is 0 Å². The first-order valence-corrected chi connectivity index (χ1v) is 10.6. The normalized spacial score (nSPS) is 10.7. The van der Waals surface area contributed by atoms with Crippen molar-refractivity contribution < 1.29 is 14.1 Å². The summed E-state index contributed by atoms with van der Waals surface area (Å²) < 4.78 is 10.7. The molecule has 0 atom stereocenters. The maximum Gasteiger partial charge on any atom is 0.273 e. The summed E-state index contributed by atoms with van der Waals surface area (Å²) in [6.45, 7) is 2.84. The molecule has 2 aromatic heterocycles. The first kappa shape index (κ1) is 20.1. The molecule has 0 unspecified atom stereocenters. The maximum absolute atomic E-state index is 12.4. The Labute approximate surface area is 182 Å². The van der Waals surface area contributed by atoms with Crippen molar-refractivity contribution >= 4 is 28.8 Å². The van der Waals surface area contributed by atoms with Gasteiger partial charge < -0.3 is 14.6 Å². The third-order valence-electron chi connectivity index (χ3n) is 4.28. The topological polar surface area (TPSA) is 77.2 Å². The Balaban J connectivity index is 1.37. The molecule has 2 heterocycles. The average molecular weight is 440 g/mol. The predicted molar refractivity (Wildman–Crippen MR) is 117 cm³/mol. The van der Waals surface area contributed by atoms with Crippen LogP contribution in [0.25, 0.3) is 22.6 Å². The lowest BCUT2D eigenvalue weighted by Crippen LogP contribution is -2.22. The van der Waals surface area contributed by atoms with E-state index in [1.807, 2.05) is 60.8 Å². The molecule has 4 aromatic rings. The lowest BCUT2D eigenvalue weighted by Gasteiger charge is -2.02. The van der Waals surface area contributed by atoms with Gasteiger partial charge >= 0.3 is 0 Å². The van der Waals surface area contributed by atoms with Gasteiger partial charge in [-0.15, -0.1) is 11.3 Å². The molecule has 4 rings (SSSR count). The van der Waals surface area contributed by atoms with Crippen molar-refractivity contribution in [2.75, 3.05) is 6.61 Å². The Hall–Kier alpha value is -3.16. The fourth-order valence-corrected chi connectivity index (χ4v) is 3.66. The van der Waals surface area contributed by atoms with E-state index < -0.39 is 0 Å². The highest BCUT2D eigenvalue weighted by atomic mass is 35.5. The summed E-state index contributed by atoms with van der Waals surface area (Å²) in [7, 11) is 0. The zero-order chi connectivity index (χ0) is 20.9. The van der Waals surface area contributed by atoms with Crippen molar-refractivity contribution in [3.63, 3.8) is 0 Å². The van der Waals surface area contributed by atoms with Gasteiger partial charge in [0.2, 0.25) is 0 Å². The molecule has 2 aromatic carbocycles. The Bertz CT molecular complexity index is 1140. The van der Waals surface area contributed by atoms with E-state index in [4.69, 9.17) is 20.9 Å². The number of amides is 1. The minimum atomic E-state index is -0.320. The minimum Gasteiger partial charge on any atom is -0.494 e. The number of thiazole rings is 1. The molecule has 0 aliphatic carbocycles. The highest BCUT2D eigenvalue weighted by Gasteiger charge is 2.14. The SMILES string of the molecule is CCOc1ccc(-c2cc(C(=O)NCc3nc(-c4ccc(Cl)cc4)cs3)no2)cc1. The Morgan fingerprint density at radius 3 is 2.60 bits per heavy atom. The molecule has 0 aliphatic rings. The Kier molecular flexibility index (Phi) is 6.11. The molecule has 0 saturated heterocycles. The van der Waals surface area contributed by atoms with Crippen molar-refractivity contribution in [2.24, 2.45) is 0 Å². The number of hydrogen-bond donors (Lipinski definition) is 1. The zero-order valence-corrected chi connectivity index (χ0v) is 17.7. The first-order valence-electron chi connectivity index (χ1n) is 9.31. The molecule has 30 heavy (non-hydrogen) atoms. The summed E-state index contributed by atoms with van der Waals surface area (Å²) in [6, 6.07) is 16.5. The van der Waals surface area contributed by atoms with E-state index >= 15 is 0 Å². The smallest absolute Gasteiger partial charge is 0.273 e. The lowest BCUT2D eigenvalue weighted by atomic mass is 10.1. The summed E-state index contributed by atoms with van der Waals surface area (Å²) >= 11 is 7.40. The van der Waals surface area contributed by atoms with Gasteiger partial charge in [0.25, 0.3) is 5.91 Å². The lowest BCUT2D eigenvalue weighted by molar-refractivity contribution is 0.0942. The number of carbonyl (C=O) groups is 1. The molecule has 0 aliphatic heterocycles. The number of carbonyl (C=O) groups excluding carboxylic acids is 1. The summed E-state index contributed by atoms with van der Waals surface area (Å²) in [6.07, 6.45) is 0. The molecular formula is C22H18ClN3O3S. The van der Waals surface area contributed by atoms with E-state index in [1.54, 1.807) is 6.07 Å². The maximum atomic E-state index is 12.4. The van der Waals surface area contributed by atoms with Gasteiger partial charge in [0.1, 0.15) is 10.8 Å². The number of nitrogens with zero attached hydrogens (tertiary/aromatic N) is 2. The third-order valence-corrected chi connectivity index (χ3v) is 5.39. The summed E-state index contributed by atoms with van der Waals surface area (Å²) in [5.74, 6) is 0.974. The van der Waals surface area contributed by atoms with Crippen molar-refractivity contribution in [1.82, 2.24) is 15.5 Å². The molecule has 0 saturated carbocycles. The van der Waals surface area contributed by atoms with Crippen LogP contribution in [0.4, 0.5) is 0 Å². The number of aromatic nitrogens is 2. The first-order chi connectivity index (χ1) is 14.6. The number of halogens is 1. The van der Waals surface area contributed by atoms with E-state index in [2.05, 4.69) is 15.5 Å². The van der Waals surface area contributed by atoms with Gasteiger partial charge in [0.05, 0.1) is 18.8 Å². The van der Waals surface area contributed by atoms with Crippen LogP contribution < -0.4 is 10.1 Å². The molecule has 0 spiro atoms. The van der Waals surface area contributed by atoms with Crippen LogP contribution in [-0.2, 0) is 6.54 Å². The van der Waals surface area contributed by atoms with E-state index in [9.17, 15) is 4.79 Å². The van der Waals surface area contributed by atoms with Crippen LogP contribution in [0.15, 0.2) is 64.5 Å². The molecule has 0 fully saturated rings. The van der Waals surface area contributed by atoms with E-state index in [0.29, 0.717) is 23.9 Å². The Morgan fingerprint density at radius 2 is 1.87 bits per heavy atom. The van der Waals surface area contributed by atoms with Gasteiger partial charge in [0.15, 0.2) is 11.5 Å². The van der Waals surface area contributed by atoms with E-state index in [0.717, 1.165) is 27.6 Å². The van der Waals surface area contributed by atoms with Crippen molar-refractivity contribution in [3.8, 4) is 28.3 Å². The minimum absolute atomic E-state index is 0.216. The van der Waals surface area contributed by atoms with Crippen molar-refractivity contribution in [2.45, 2.75) is 13.5 Å². The van der Waals surface area contributed by atoms with Crippen molar-refractivity contribution in [3.05, 3.63) is 75.7 Å². The van der Waals surface area contributed by atoms with Gasteiger partial charge in [0, 0.05) is 27.6 Å². The van der Waals surface area contributed by atoms with Crippen LogP contribution in [0.5, 0.6) is 5.75 Å². The second-order valence-electron chi connectivity index (χ2n) is 6.35. The van der Waals surface area contributed by atoms with Gasteiger partial charge in [-0.3, -0.25) is 4.79 Å². The summed E-state index contributed by atoms with van der Waals surface area (Å²) in [4.78, 5) is 17.0. The molecule has 0 radical (unpaired) electrons. The standard InChI is InChI=1S/C22H18ClN3O3S/c1-2-28-17-9-5-15(6-10-17)20-11-18(26-29-20)22(27)24-12-21-25-19(13-30-21)14-3-7-16(23)8-4-14/h3-11,13H,2,12H2,1H3,(H,24,27). The largest absolute Gasteiger partial charge is 0.494 e. The summed E-state index contributed by atoms with van der Waals surface area (Å²) in [5, 5.41) is 10.1. The molecule has 1 amide bonds. The van der Waals surface area contributed by atoms with E-state index in [-0.39, 0.29) is 11.6 Å². The molecule has 1 N–H and O–H groups in total. The third kappa shape index (κ3) is 4.69. The highest BCUT2D eigenvalue weighted by molar-refractivity contribution is 7.09. The molecule has 6 nitrogen and oxygen atoms in total. The molecule has 0 bridgehead atoms. The van der Waals surface area contributed by atoms with Crippen LogP contribution in [0.3, 0.4) is 0 Å². The average Bonchev–Trinajstić information content (AvgIpc) is 3.44. The fraction of sp³-hybridized carbons (Fsp3) is 0.136. The van der Waals surface area contributed by atoms with Gasteiger partial charge in [-0.2, -0.15) is 0 Å². The van der Waals surface area contributed by atoms with Crippen LogP contribution in [0, 0.1) is 0 Å². The molecular weight excluding hydrogens is 422 g/mol. The second-order valence-corrected chi connectivity index (χ2v) is 7.73. The number of hydrogen-bond acceptors (Lipinski definition) is 6. The predicted octanol–water partition coefficient (Wildman–Crippen LogP) is 5.45. The fourth-order valence-electron chi connectivity index (χ4n) is 2.79. The van der Waals surface area contributed by atoms with Crippen LogP contribution >= 0.6 is 22.9 Å². The number of ether oxygens (including phenoxy) is 1. The number of nitrogens with one attached hydrogen (secondary N) is 1. The van der Waals surface area contributed by atoms with Gasteiger partial charge in [-0.1, -0.05) is 28.9 Å². The monoisotopic (exact) mass is 439 g/mol. The van der Waals surface area contributed by atoms with Gasteiger partial charge in [-0.05, 0) is 43.3 Å². The number of rotatable bonds is 7. The molecule has 152 valence electrons.